The van der Waals surface area contributed by atoms with E-state index in [1.54, 1.807) is 6.92 Å². The molecule has 0 aliphatic carbocycles. The average molecular weight is 185 g/mol. The van der Waals surface area contributed by atoms with Gasteiger partial charge in [0.2, 0.25) is 0 Å². The van der Waals surface area contributed by atoms with Crippen LogP contribution in [0.5, 0.6) is 0 Å². The number of esters is 2. The van der Waals surface area contributed by atoms with Crippen LogP contribution in [0, 0.1) is 5.92 Å². The third-order valence-corrected chi connectivity index (χ3v) is 1.58. The largest absolute Gasteiger partial charge is 0.393 e. The van der Waals surface area contributed by atoms with Gasteiger partial charge in [0.15, 0.2) is 0 Å². The molecule has 0 aromatic heterocycles. The third kappa shape index (κ3) is 4.30. The Bertz CT molecular complexity index is 223. The van der Waals surface area contributed by atoms with Crippen LogP contribution >= 0.6 is 0 Å². The second-order valence-electron chi connectivity index (χ2n) is 2.92. The number of rotatable bonds is 4. The molecule has 0 fully saturated rings. The van der Waals surface area contributed by atoms with Crippen molar-refractivity contribution in [1.82, 2.24) is 0 Å². The van der Waals surface area contributed by atoms with E-state index in [1.807, 2.05) is 6.92 Å². The highest BCUT2D eigenvalue weighted by Crippen LogP contribution is 2.07. The predicted molar refractivity (Wildman–Crippen MR) is 48.5 cm³/mol. The van der Waals surface area contributed by atoms with Crippen LogP contribution in [0.1, 0.15) is 26.7 Å². The van der Waals surface area contributed by atoms with Crippen LogP contribution in [-0.2, 0) is 14.3 Å². The first-order valence-corrected chi connectivity index (χ1v) is 4.19. The van der Waals surface area contributed by atoms with E-state index in [0.717, 1.165) is 6.42 Å². The van der Waals surface area contributed by atoms with Crippen molar-refractivity contribution in [3.05, 3.63) is 12.3 Å². The lowest BCUT2D eigenvalue weighted by atomic mass is 10.1. The standard InChI is InChI=1S/C9H15NO3/c1-4-5-6(2)8(11)13-9(12)7(3)10/h6H,3-5,10H2,1-2H3. The fourth-order valence-electron chi connectivity index (χ4n) is 0.808. The van der Waals surface area contributed by atoms with Crippen LogP contribution in [0.3, 0.4) is 0 Å². The maximum atomic E-state index is 11.1. The molecule has 0 heterocycles. The monoisotopic (exact) mass is 185 g/mol. The molecule has 0 saturated carbocycles. The Morgan fingerprint density at radius 1 is 1.54 bits per heavy atom. The van der Waals surface area contributed by atoms with Crippen molar-refractivity contribution in [2.24, 2.45) is 11.7 Å². The summed E-state index contributed by atoms with van der Waals surface area (Å²) in [6.45, 7) is 6.82. The number of hydrogen-bond donors (Lipinski definition) is 1. The van der Waals surface area contributed by atoms with Gasteiger partial charge in [0, 0.05) is 0 Å². The van der Waals surface area contributed by atoms with Crippen LogP contribution < -0.4 is 5.73 Å². The van der Waals surface area contributed by atoms with E-state index in [1.165, 1.54) is 0 Å². The second-order valence-corrected chi connectivity index (χ2v) is 2.92. The summed E-state index contributed by atoms with van der Waals surface area (Å²) in [5.41, 5.74) is 4.78. The van der Waals surface area contributed by atoms with E-state index in [2.05, 4.69) is 11.3 Å². The lowest BCUT2D eigenvalue weighted by Gasteiger charge is -2.07. The van der Waals surface area contributed by atoms with Crippen molar-refractivity contribution in [1.29, 1.82) is 0 Å². The first-order valence-electron chi connectivity index (χ1n) is 4.19. The Balaban J connectivity index is 4.00. The van der Waals surface area contributed by atoms with Crippen molar-refractivity contribution >= 4 is 11.9 Å². The van der Waals surface area contributed by atoms with Gasteiger partial charge in [0.05, 0.1) is 5.92 Å². The van der Waals surface area contributed by atoms with Crippen molar-refractivity contribution < 1.29 is 14.3 Å². The molecule has 2 N–H and O–H groups in total. The summed E-state index contributed by atoms with van der Waals surface area (Å²) < 4.78 is 4.42. The minimum Gasteiger partial charge on any atom is -0.393 e. The number of nitrogens with two attached hydrogens (primary N) is 1. The molecular formula is C9H15NO3. The molecule has 4 heteroatoms. The Morgan fingerprint density at radius 3 is 2.46 bits per heavy atom. The molecule has 0 aromatic rings. The van der Waals surface area contributed by atoms with E-state index < -0.39 is 11.9 Å². The number of hydrogen-bond acceptors (Lipinski definition) is 4. The molecule has 0 radical (unpaired) electrons. The van der Waals surface area contributed by atoms with E-state index in [0.29, 0.717) is 6.42 Å². The molecule has 4 nitrogen and oxygen atoms in total. The van der Waals surface area contributed by atoms with Crippen LogP contribution in [0.2, 0.25) is 0 Å². The second kappa shape index (κ2) is 5.35. The quantitative estimate of drug-likeness (QED) is 0.402. The lowest BCUT2D eigenvalue weighted by Crippen LogP contribution is -2.22. The van der Waals surface area contributed by atoms with Gasteiger partial charge in [-0.25, -0.2) is 4.79 Å². The summed E-state index contributed by atoms with van der Waals surface area (Å²) >= 11 is 0. The first kappa shape index (κ1) is 11.7. The van der Waals surface area contributed by atoms with E-state index in [-0.39, 0.29) is 11.6 Å². The maximum absolute atomic E-state index is 11.1. The van der Waals surface area contributed by atoms with Gasteiger partial charge in [-0.05, 0) is 6.42 Å². The topological polar surface area (TPSA) is 69.4 Å². The van der Waals surface area contributed by atoms with Gasteiger partial charge in [-0.1, -0.05) is 26.8 Å². The van der Waals surface area contributed by atoms with Crippen molar-refractivity contribution in [3.8, 4) is 0 Å². The minimum absolute atomic E-state index is 0.253. The van der Waals surface area contributed by atoms with Gasteiger partial charge >= 0.3 is 11.9 Å². The van der Waals surface area contributed by atoms with Crippen LogP contribution in [-0.4, -0.2) is 11.9 Å². The summed E-state index contributed by atoms with van der Waals surface area (Å²) in [4.78, 5) is 21.9. The Kier molecular flexibility index (Phi) is 4.80. The molecule has 0 bridgehead atoms. The number of ether oxygens (including phenoxy) is 1. The summed E-state index contributed by atoms with van der Waals surface area (Å²) in [5, 5.41) is 0. The molecule has 0 saturated heterocycles. The van der Waals surface area contributed by atoms with Gasteiger partial charge in [-0.15, -0.1) is 0 Å². The van der Waals surface area contributed by atoms with E-state index in [4.69, 9.17) is 5.73 Å². The molecule has 1 unspecified atom stereocenters. The lowest BCUT2D eigenvalue weighted by molar-refractivity contribution is -0.159. The zero-order valence-corrected chi connectivity index (χ0v) is 8.00. The molecule has 0 aromatic carbocycles. The molecule has 1 atom stereocenters. The summed E-state index contributed by atoms with van der Waals surface area (Å²) in [5.74, 6) is -1.67. The highest BCUT2D eigenvalue weighted by atomic mass is 16.6. The van der Waals surface area contributed by atoms with Crippen molar-refractivity contribution in [3.63, 3.8) is 0 Å². The SMILES string of the molecule is C=C(N)C(=O)OC(=O)C(C)CCC. The highest BCUT2D eigenvalue weighted by molar-refractivity contribution is 5.95. The number of carbonyl (C=O) groups is 2. The Hall–Kier alpha value is -1.32. The molecule has 0 amide bonds. The normalized spacial score (nSPS) is 11.8. The molecule has 13 heavy (non-hydrogen) atoms. The average Bonchev–Trinajstić information content (AvgIpc) is 2.04. The van der Waals surface area contributed by atoms with Crippen LogP contribution in [0.15, 0.2) is 12.3 Å². The van der Waals surface area contributed by atoms with Gasteiger partial charge in [-0.3, -0.25) is 4.79 Å². The molecule has 0 spiro atoms. The minimum atomic E-state index is -0.854. The zero-order valence-electron chi connectivity index (χ0n) is 8.00. The number of carbonyl (C=O) groups excluding carboxylic acids is 2. The zero-order chi connectivity index (χ0) is 10.4. The van der Waals surface area contributed by atoms with Crippen molar-refractivity contribution in [2.45, 2.75) is 26.7 Å². The van der Waals surface area contributed by atoms with Crippen molar-refractivity contribution in [2.75, 3.05) is 0 Å². The van der Waals surface area contributed by atoms with Crippen LogP contribution in [0.25, 0.3) is 0 Å². The molecular weight excluding hydrogens is 170 g/mol. The Morgan fingerprint density at radius 2 is 2.08 bits per heavy atom. The van der Waals surface area contributed by atoms with Gasteiger partial charge in [0.25, 0.3) is 0 Å². The molecule has 0 aliphatic heterocycles. The molecule has 0 aliphatic rings. The highest BCUT2D eigenvalue weighted by Gasteiger charge is 2.17. The fourth-order valence-corrected chi connectivity index (χ4v) is 0.808. The Labute approximate surface area is 77.7 Å². The van der Waals surface area contributed by atoms with Gasteiger partial charge in [-0.2, -0.15) is 0 Å². The van der Waals surface area contributed by atoms with Crippen LogP contribution in [0.4, 0.5) is 0 Å². The summed E-state index contributed by atoms with van der Waals surface area (Å²) in [6, 6.07) is 0. The summed E-state index contributed by atoms with van der Waals surface area (Å²) in [6.07, 6.45) is 1.57. The molecule has 74 valence electrons. The fraction of sp³-hybridized carbons (Fsp3) is 0.556. The van der Waals surface area contributed by atoms with E-state index >= 15 is 0 Å². The third-order valence-electron chi connectivity index (χ3n) is 1.58. The first-order chi connectivity index (χ1) is 5.99. The van der Waals surface area contributed by atoms with E-state index in [9.17, 15) is 9.59 Å². The summed E-state index contributed by atoms with van der Waals surface area (Å²) in [7, 11) is 0. The maximum Gasteiger partial charge on any atom is 0.361 e. The van der Waals surface area contributed by atoms with Gasteiger partial charge in [0.1, 0.15) is 5.70 Å². The molecule has 0 rings (SSSR count). The predicted octanol–water partition coefficient (Wildman–Crippen LogP) is 0.965. The van der Waals surface area contributed by atoms with Gasteiger partial charge < -0.3 is 10.5 Å². The smallest absolute Gasteiger partial charge is 0.361 e.